The Kier molecular flexibility index (Phi) is 5.98. The van der Waals surface area contributed by atoms with Gasteiger partial charge in [-0.05, 0) is 45.1 Å². The number of rotatable bonds is 6. The Balaban J connectivity index is 1.56. The molecule has 1 fully saturated rings. The van der Waals surface area contributed by atoms with Gasteiger partial charge in [-0.25, -0.2) is 4.98 Å². The lowest BCUT2D eigenvalue weighted by molar-refractivity contribution is 0.0680. The van der Waals surface area contributed by atoms with Gasteiger partial charge in [0.1, 0.15) is 11.4 Å². The molecule has 0 unspecified atom stereocenters. The number of aromatic nitrogens is 3. The van der Waals surface area contributed by atoms with Crippen molar-refractivity contribution < 1.29 is 14.3 Å². The molecule has 1 aliphatic heterocycles. The summed E-state index contributed by atoms with van der Waals surface area (Å²) in [6.07, 6.45) is 5.08. The van der Waals surface area contributed by atoms with Crippen molar-refractivity contribution in [3.05, 3.63) is 35.4 Å². The summed E-state index contributed by atoms with van der Waals surface area (Å²) < 4.78 is 12.6. The summed E-state index contributed by atoms with van der Waals surface area (Å²) >= 11 is 0. The minimum Gasteiger partial charge on any atom is -0.481 e. The van der Waals surface area contributed by atoms with Crippen LogP contribution in [-0.2, 0) is 6.54 Å². The lowest BCUT2D eigenvalue weighted by Crippen LogP contribution is -2.39. The summed E-state index contributed by atoms with van der Waals surface area (Å²) in [4.78, 5) is 23.3. The van der Waals surface area contributed by atoms with Crippen molar-refractivity contribution in [3.63, 3.8) is 0 Å². The third kappa shape index (κ3) is 4.23. The van der Waals surface area contributed by atoms with Gasteiger partial charge in [0.25, 0.3) is 5.91 Å². The molecule has 2 aromatic rings. The van der Waals surface area contributed by atoms with E-state index < -0.39 is 0 Å². The van der Waals surface area contributed by atoms with Crippen molar-refractivity contribution >= 4 is 5.91 Å². The molecule has 1 saturated heterocycles. The van der Waals surface area contributed by atoms with Crippen LogP contribution in [-0.4, -0.2) is 52.7 Å². The molecule has 0 aliphatic carbocycles. The summed E-state index contributed by atoms with van der Waals surface area (Å²) in [5.74, 6) is 2.42. The van der Waals surface area contributed by atoms with E-state index in [1.54, 1.807) is 19.2 Å². The maximum atomic E-state index is 12.9. The molecule has 2 aromatic heterocycles. The van der Waals surface area contributed by atoms with Gasteiger partial charge in [0.05, 0.1) is 14.2 Å². The van der Waals surface area contributed by atoms with Crippen LogP contribution in [0.15, 0.2) is 18.3 Å². The smallest absolute Gasteiger partial charge is 0.259 e. The number of pyridine rings is 1. The molecule has 3 rings (SSSR count). The van der Waals surface area contributed by atoms with Gasteiger partial charge in [-0.3, -0.25) is 4.79 Å². The normalized spacial score (nSPS) is 15.0. The number of aryl methyl sites for hydroxylation is 2. The zero-order chi connectivity index (χ0) is 19.4. The van der Waals surface area contributed by atoms with Crippen LogP contribution >= 0.6 is 0 Å². The van der Waals surface area contributed by atoms with Crippen LogP contribution in [0.1, 0.15) is 41.1 Å². The fraction of sp³-hybridized carbons (Fsp3) is 0.550. The van der Waals surface area contributed by atoms with Crippen molar-refractivity contribution in [2.45, 2.75) is 39.7 Å². The lowest BCUT2D eigenvalue weighted by atomic mass is 9.93. The number of carbonyl (C=O) groups is 1. The number of imidazole rings is 1. The molecule has 3 heterocycles. The zero-order valence-electron chi connectivity index (χ0n) is 16.6. The van der Waals surface area contributed by atoms with Gasteiger partial charge in [-0.15, -0.1) is 0 Å². The first-order valence-electron chi connectivity index (χ1n) is 9.40. The quantitative estimate of drug-likeness (QED) is 0.780. The predicted molar refractivity (Wildman–Crippen MR) is 102 cm³/mol. The molecule has 1 aliphatic rings. The predicted octanol–water partition coefficient (Wildman–Crippen LogP) is 2.85. The van der Waals surface area contributed by atoms with Gasteiger partial charge in [-0.1, -0.05) is 0 Å². The van der Waals surface area contributed by atoms with Crippen LogP contribution in [0.5, 0.6) is 11.8 Å². The molecule has 27 heavy (non-hydrogen) atoms. The first kappa shape index (κ1) is 19.2. The highest BCUT2D eigenvalue weighted by Crippen LogP contribution is 2.26. The van der Waals surface area contributed by atoms with Crippen LogP contribution < -0.4 is 9.47 Å². The third-order valence-electron chi connectivity index (χ3n) is 5.38. The molecule has 0 atom stereocenters. The number of amides is 1. The Bertz CT molecular complexity index is 775. The Morgan fingerprint density at radius 2 is 1.93 bits per heavy atom. The minimum absolute atomic E-state index is 0.0262. The van der Waals surface area contributed by atoms with Crippen molar-refractivity contribution in [1.82, 2.24) is 19.4 Å². The number of nitrogens with zero attached hydrogens (tertiary/aromatic N) is 4. The highest BCUT2D eigenvalue weighted by molar-refractivity contribution is 5.96. The lowest BCUT2D eigenvalue weighted by Gasteiger charge is -2.32. The van der Waals surface area contributed by atoms with Gasteiger partial charge in [0, 0.05) is 37.6 Å². The zero-order valence-corrected chi connectivity index (χ0v) is 16.6. The van der Waals surface area contributed by atoms with E-state index in [0.717, 1.165) is 44.7 Å². The molecule has 0 radical (unpaired) electrons. The SMILES string of the molecule is COc1ccc(C(=O)N2CCC(CCn3c(C)cnc3C)CC2)c(OC)n1. The van der Waals surface area contributed by atoms with Crippen molar-refractivity contribution in [2.24, 2.45) is 5.92 Å². The van der Waals surface area contributed by atoms with E-state index in [2.05, 4.69) is 21.5 Å². The minimum atomic E-state index is -0.0262. The highest BCUT2D eigenvalue weighted by atomic mass is 16.5. The molecule has 1 amide bonds. The number of carbonyl (C=O) groups excluding carboxylic acids is 1. The molecule has 0 aromatic carbocycles. The van der Waals surface area contributed by atoms with E-state index in [0.29, 0.717) is 23.2 Å². The first-order valence-corrected chi connectivity index (χ1v) is 9.40. The van der Waals surface area contributed by atoms with E-state index >= 15 is 0 Å². The van der Waals surface area contributed by atoms with Gasteiger partial charge in [-0.2, -0.15) is 4.98 Å². The van der Waals surface area contributed by atoms with Crippen LogP contribution in [0.4, 0.5) is 0 Å². The Morgan fingerprint density at radius 1 is 1.19 bits per heavy atom. The Hall–Kier alpha value is -2.57. The Labute approximate surface area is 160 Å². The van der Waals surface area contributed by atoms with Crippen molar-refractivity contribution in [3.8, 4) is 11.8 Å². The fourth-order valence-corrected chi connectivity index (χ4v) is 3.68. The average molecular weight is 372 g/mol. The molecule has 7 heteroatoms. The van der Waals surface area contributed by atoms with Gasteiger partial charge in [0.2, 0.25) is 11.8 Å². The molecule has 0 bridgehead atoms. The van der Waals surface area contributed by atoms with Crippen molar-refractivity contribution in [2.75, 3.05) is 27.3 Å². The molecule has 0 saturated carbocycles. The number of hydrogen-bond donors (Lipinski definition) is 0. The highest BCUT2D eigenvalue weighted by Gasteiger charge is 2.26. The second-order valence-electron chi connectivity index (χ2n) is 7.03. The number of likely N-dealkylation sites (tertiary alicyclic amines) is 1. The molecular weight excluding hydrogens is 344 g/mol. The summed E-state index contributed by atoms with van der Waals surface area (Å²) in [6.45, 7) is 6.66. The van der Waals surface area contributed by atoms with Crippen LogP contribution in [0.25, 0.3) is 0 Å². The fourth-order valence-electron chi connectivity index (χ4n) is 3.68. The maximum absolute atomic E-state index is 12.9. The van der Waals surface area contributed by atoms with Gasteiger partial charge in [0.15, 0.2) is 0 Å². The van der Waals surface area contributed by atoms with Crippen LogP contribution in [0, 0.1) is 19.8 Å². The summed E-state index contributed by atoms with van der Waals surface area (Å²) in [7, 11) is 3.06. The number of ether oxygens (including phenoxy) is 2. The molecule has 7 nitrogen and oxygen atoms in total. The van der Waals surface area contributed by atoms with Crippen molar-refractivity contribution in [1.29, 1.82) is 0 Å². The second-order valence-corrected chi connectivity index (χ2v) is 7.03. The third-order valence-corrected chi connectivity index (χ3v) is 5.38. The molecule has 146 valence electrons. The molecule has 0 spiro atoms. The number of hydrogen-bond acceptors (Lipinski definition) is 5. The number of piperidine rings is 1. The largest absolute Gasteiger partial charge is 0.481 e. The van der Waals surface area contributed by atoms with E-state index in [1.165, 1.54) is 12.8 Å². The molecular formula is C20H28N4O3. The number of methoxy groups -OCH3 is 2. The summed E-state index contributed by atoms with van der Waals surface area (Å²) in [6, 6.07) is 3.42. The maximum Gasteiger partial charge on any atom is 0.259 e. The topological polar surface area (TPSA) is 69.5 Å². The standard InChI is InChI=1S/C20H28N4O3/c1-14-13-21-15(2)24(14)12-9-16-7-10-23(11-8-16)20(25)17-5-6-18(26-3)22-19(17)27-4/h5-6,13,16H,7-12H2,1-4H3. The second kappa shape index (κ2) is 8.41. The first-order chi connectivity index (χ1) is 13.0. The summed E-state index contributed by atoms with van der Waals surface area (Å²) in [5, 5.41) is 0. The van der Waals surface area contributed by atoms with E-state index in [9.17, 15) is 4.79 Å². The monoisotopic (exact) mass is 372 g/mol. The average Bonchev–Trinajstić information content (AvgIpc) is 3.03. The van der Waals surface area contributed by atoms with Crippen LogP contribution in [0.2, 0.25) is 0 Å². The van der Waals surface area contributed by atoms with Crippen LogP contribution in [0.3, 0.4) is 0 Å². The van der Waals surface area contributed by atoms with E-state index in [4.69, 9.17) is 9.47 Å². The summed E-state index contributed by atoms with van der Waals surface area (Å²) in [5.41, 5.74) is 1.70. The Morgan fingerprint density at radius 3 is 2.52 bits per heavy atom. The molecule has 0 N–H and O–H groups in total. The van der Waals surface area contributed by atoms with Gasteiger partial charge >= 0.3 is 0 Å². The van der Waals surface area contributed by atoms with Gasteiger partial charge < -0.3 is 18.9 Å². The van der Waals surface area contributed by atoms with E-state index in [1.807, 2.05) is 18.0 Å². The van der Waals surface area contributed by atoms with E-state index in [-0.39, 0.29) is 5.91 Å².